The highest BCUT2D eigenvalue weighted by atomic mass is 16.5. The van der Waals surface area contributed by atoms with E-state index < -0.39 is 0 Å². The van der Waals surface area contributed by atoms with E-state index in [1.807, 2.05) is 0 Å². The van der Waals surface area contributed by atoms with Crippen LogP contribution in [0.25, 0.3) is 0 Å². The van der Waals surface area contributed by atoms with Gasteiger partial charge in [0.1, 0.15) is 0 Å². The normalized spacial score (nSPS) is 12.9. The third-order valence-corrected chi connectivity index (χ3v) is 3.26. The van der Waals surface area contributed by atoms with Crippen LogP contribution in [0.4, 0.5) is 0 Å². The Bertz CT molecular complexity index is 358. The number of benzene rings is 1. The Morgan fingerprint density at radius 3 is 2.68 bits per heavy atom. The minimum atomic E-state index is 0.244. The lowest BCUT2D eigenvalue weighted by Gasteiger charge is -2.27. The first kappa shape index (κ1) is 16.1. The summed E-state index contributed by atoms with van der Waals surface area (Å²) >= 11 is 0. The molecule has 0 bridgehead atoms. The molecule has 4 nitrogen and oxygen atoms in total. The van der Waals surface area contributed by atoms with Gasteiger partial charge in [-0.1, -0.05) is 24.3 Å². The molecule has 0 aliphatic rings. The first-order valence-electron chi connectivity index (χ1n) is 6.70. The minimum Gasteiger partial charge on any atom is -0.385 e. The molecule has 0 spiro atoms. The van der Waals surface area contributed by atoms with Crippen LogP contribution in [0.3, 0.4) is 0 Å². The zero-order valence-corrected chi connectivity index (χ0v) is 12.3. The van der Waals surface area contributed by atoms with Gasteiger partial charge in [0, 0.05) is 40.0 Å². The van der Waals surface area contributed by atoms with Gasteiger partial charge in [0.2, 0.25) is 0 Å². The number of methoxy groups -OCH3 is 2. The van der Waals surface area contributed by atoms with Gasteiger partial charge in [-0.2, -0.15) is 0 Å². The number of nitrogens with two attached hydrogens (primary N) is 1. The number of hydrogen-bond acceptors (Lipinski definition) is 4. The molecular formula is C15H26N2O2. The highest BCUT2D eigenvalue weighted by Gasteiger charge is 2.15. The van der Waals surface area contributed by atoms with E-state index in [2.05, 4.69) is 36.2 Å². The first-order chi connectivity index (χ1) is 9.22. The standard InChI is InChI=1S/C15H26N2O2/c1-17(8-5-9-18-2)15(11-16)14-7-4-6-13(10-14)12-19-3/h4,6-7,10,15H,5,8-9,11-12,16H2,1-3H3. The molecule has 0 aromatic heterocycles. The average molecular weight is 266 g/mol. The van der Waals surface area contributed by atoms with Crippen molar-refractivity contribution < 1.29 is 9.47 Å². The van der Waals surface area contributed by atoms with Gasteiger partial charge >= 0.3 is 0 Å². The topological polar surface area (TPSA) is 47.7 Å². The molecule has 0 aliphatic heterocycles. The Balaban J connectivity index is 2.69. The highest BCUT2D eigenvalue weighted by molar-refractivity contribution is 5.26. The molecule has 4 heteroatoms. The fourth-order valence-corrected chi connectivity index (χ4v) is 2.24. The smallest absolute Gasteiger partial charge is 0.0713 e. The molecule has 0 saturated carbocycles. The lowest BCUT2D eigenvalue weighted by Crippen LogP contribution is -2.31. The maximum Gasteiger partial charge on any atom is 0.0713 e. The summed E-state index contributed by atoms with van der Waals surface area (Å²) in [5.74, 6) is 0. The molecule has 108 valence electrons. The summed E-state index contributed by atoms with van der Waals surface area (Å²) in [6.45, 7) is 3.01. The van der Waals surface area contributed by atoms with Crippen LogP contribution in [0.2, 0.25) is 0 Å². The number of ether oxygens (including phenoxy) is 2. The van der Waals surface area contributed by atoms with Gasteiger partial charge in [0.25, 0.3) is 0 Å². The number of rotatable bonds is 9. The van der Waals surface area contributed by atoms with Crippen molar-refractivity contribution in [3.63, 3.8) is 0 Å². The Kier molecular flexibility index (Phi) is 7.67. The molecule has 1 unspecified atom stereocenters. The molecule has 0 saturated heterocycles. The van der Waals surface area contributed by atoms with Crippen LogP contribution < -0.4 is 5.73 Å². The molecule has 0 radical (unpaired) electrons. The van der Waals surface area contributed by atoms with Gasteiger partial charge in [-0.05, 0) is 24.6 Å². The number of likely N-dealkylation sites (N-methyl/N-ethyl adjacent to an activating group) is 1. The predicted molar refractivity (Wildman–Crippen MR) is 78.1 cm³/mol. The third-order valence-electron chi connectivity index (χ3n) is 3.26. The zero-order valence-electron chi connectivity index (χ0n) is 12.3. The molecule has 0 fully saturated rings. The largest absolute Gasteiger partial charge is 0.385 e. The molecule has 19 heavy (non-hydrogen) atoms. The van der Waals surface area contributed by atoms with E-state index in [1.165, 1.54) is 11.1 Å². The lowest BCUT2D eigenvalue weighted by atomic mass is 10.0. The van der Waals surface area contributed by atoms with Crippen molar-refractivity contribution >= 4 is 0 Å². The predicted octanol–water partition coefficient (Wildman–Crippen LogP) is 1.80. The van der Waals surface area contributed by atoms with Crippen LogP contribution in [0.1, 0.15) is 23.6 Å². The molecule has 1 rings (SSSR count). The highest BCUT2D eigenvalue weighted by Crippen LogP contribution is 2.20. The second kappa shape index (κ2) is 9.04. The minimum absolute atomic E-state index is 0.244. The van der Waals surface area contributed by atoms with Gasteiger partial charge in [0.15, 0.2) is 0 Å². The number of hydrogen-bond donors (Lipinski definition) is 1. The lowest BCUT2D eigenvalue weighted by molar-refractivity contribution is 0.166. The fourth-order valence-electron chi connectivity index (χ4n) is 2.24. The van der Waals surface area contributed by atoms with E-state index >= 15 is 0 Å². The van der Waals surface area contributed by atoms with Crippen LogP contribution in [0.5, 0.6) is 0 Å². The van der Waals surface area contributed by atoms with Crippen molar-refractivity contribution in [3.05, 3.63) is 35.4 Å². The molecule has 1 aromatic rings. The summed E-state index contributed by atoms with van der Waals surface area (Å²) in [6, 6.07) is 8.69. The van der Waals surface area contributed by atoms with E-state index in [0.29, 0.717) is 13.2 Å². The zero-order chi connectivity index (χ0) is 14.1. The average Bonchev–Trinajstić information content (AvgIpc) is 2.41. The van der Waals surface area contributed by atoms with E-state index in [-0.39, 0.29) is 6.04 Å². The number of nitrogens with zero attached hydrogens (tertiary/aromatic N) is 1. The van der Waals surface area contributed by atoms with E-state index in [9.17, 15) is 0 Å². The SMILES string of the molecule is COCCCN(C)C(CN)c1cccc(COC)c1. The van der Waals surface area contributed by atoms with Gasteiger partial charge in [-0.3, -0.25) is 4.90 Å². The second-order valence-corrected chi connectivity index (χ2v) is 4.76. The summed E-state index contributed by atoms with van der Waals surface area (Å²) in [4.78, 5) is 2.28. The molecular weight excluding hydrogens is 240 g/mol. The van der Waals surface area contributed by atoms with E-state index in [0.717, 1.165) is 19.6 Å². The van der Waals surface area contributed by atoms with Gasteiger partial charge in [-0.15, -0.1) is 0 Å². The Morgan fingerprint density at radius 1 is 1.26 bits per heavy atom. The fraction of sp³-hybridized carbons (Fsp3) is 0.600. The summed E-state index contributed by atoms with van der Waals surface area (Å²) in [5.41, 5.74) is 8.36. The maximum absolute atomic E-state index is 5.93. The van der Waals surface area contributed by atoms with Crippen LogP contribution >= 0.6 is 0 Å². The van der Waals surface area contributed by atoms with Crippen LogP contribution in [0, 0.1) is 0 Å². The molecule has 1 aromatic carbocycles. The van der Waals surface area contributed by atoms with Crippen molar-refractivity contribution in [2.45, 2.75) is 19.1 Å². The van der Waals surface area contributed by atoms with Crippen LogP contribution in [-0.2, 0) is 16.1 Å². The van der Waals surface area contributed by atoms with Crippen LogP contribution in [-0.4, -0.2) is 45.9 Å². The Hall–Kier alpha value is -0.940. The third kappa shape index (κ3) is 5.28. The summed E-state index contributed by atoms with van der Waals surface area (Å²) < 4.78 is 10.3. The molecule has 0 amide bonds. The van der Waals surface area contributed by atoms with Gasteiger partial charge in [0.05, 0.1) is 6.61 Å². The summed E-state index contributed by atoms with van der Waals surface area (Å²) in [6.07, 6.45) is 1.02. The van der Waals surface area contributed by atoms with E-state index in [4.69, 9.17) is 15.2 Å². The maximum atomic E-state index is 5.93. The van der Waals surface area contributed by atoms with Crippen molar-refractivity contribution in [1.82, 2.24) is 4.90 Å². The van der Waals surface area contributed by atoms with Crippen molar-refractivity contribution in [3.8, 4) is 0 Å². The van der Waals surface area contributed by atoms with Gasteiger partial charge < -0.3 is 15.2 Å². The monoisotopic (exact) mass is 266 g/mol. The quantitative estimate of drug-likeness (QED) is 0.692. The molecule has 0 aliphatic carbocycles. The molecule has 2 N–H and O–H groups in total. The molecule has 1 atom stereocenters. The first-order valence-corrected chi connectivity index (χ1v) is 6.70. The Morgan fingerprint density at radius 2 is 2.05 bits per heavy atom. The second-order valence-electron chi connectivity index (χ2n) is 4.76. The van der Waals surface area contributed by atoms with Gasteiger partial charge in [-0.25, -0.2) is 0 Å². The summed E-state index contributed by atoms with van der Waals surface area (Å²) in [5, 5.41) is 0. The molecule has 0 heterocycles. The van der Waals surface area contributed by atoms with E-state index in [1.54, 1.807) is 14.2 Å². The summed E-state index contributed by atoms with van der Waals surface area (Å²) in [7, 11) is 5.55. The van der Waals surface area contributed by atoms with Crippen molar-refractivity contribution in [1.29, 1.82) is 0 Å². The Labute approximate surface area is 116 Å². The van der Waals surface area contributed by atoms with Crippen LogP contribution in [0.15, 0.2) is 24.3 Å². The van der Waals surface area contributed by atoms with Crippen molar-refractivity contribution in [2.75, 3.05) is 41.0 Å². The van der Waals surface area contributed by atoms with Crippen molar-refractivity contribution in [2.24, 2.45) is 5.73 Å².